The zero-order valence-corrected chi connectivity index (χ0v) is 9.69. The Morgan fingerprint density at radius 2 is 1.94 bits per heavy atom. The molecule has 1 N–H and O–H groups in total. The first-order valence-corrected chi connectivity index (χ1v) is 6.11. The Hall–Kier alpha value is -1.39. The number of aromatic nitrogens is 2. The Labute approximate surface area is 98.6 Å². The van der Waals surface area contributed by atoms with E-state index in [0.717, 1.165) is 5.56 Å². The second-order valence-electron chi connectivity index (χ2n) is 3.31. The number of nitrogens with zero attached hydrogens (tertiary/aromatic N) is 2. The summed E-state index contributed by atoms with van der Waals surface area (Å²) in [5.74, 6) is 0. The molecule has 16 heavy (non-hydrogen) atoms. The molecule has 2 aromatic rings. The van der Waals surface area contributed by atoms with Crippen LogP contribution in [0.3, 0.4) is 0 Å². The molecule has 1 unspecified atom stereocenters. The van der Waals surface area contributed by atoms with E-state index in [1.165, 1.54) is 4.90 Å². The minimum Gasteiger partial charge on any atom is -0.382 e. The van der Waals surface area contributed by atoms with Crippen molar-refractivity contribution in [1.82, 2.24) is 9.97 Å². The number of hydrogen-bond donors (Lipinski definition) is 1. The van der Waals surface area contributed by atoms with Crippen LogP contribution in [0.1, 0.15) is 17.4 Å². The Bertz CT molecular complexity index is 444. The number of hydrogen-bond acceptors (Lipinski definition) is 4. The lowest BCUT2D eigenvalue weighted by Gasteiger charge is -2.09. The van der Waals surface area contributed by atoms with Crippen molar-refractivity contribution in [2.75, 3.05) is 6.26 Å². The quantitative estimate of drug-likeness (QED) is 0.825. The minimum absolute atomic E-state index is 0.569. The van der Waals surface area contributed by atoms with Crippen LogP contribution in [0.15, 0.2) is 47.8 Å². The van der Waals surface area contributed by atoms with Crippen LogP contribution in [0.2, 0.25) is 0 Å². The fourth-order valence-corrected chi connectivity index (χ4v) is 1.82. The molecule has 0 bridgehead atoms. The maximum Gasteiger partial charge on any atom is 0.123 e. The largest absolute Gasteiger partial charge is 0.382 e. The fourth-order valence-electron chi connectivity index (χ4n) is 1.41. The third-order valence-electron chi connectivity index (χ3n) is 2.29. The summed E-state index contributed by atoms with van der Waals surface area (Å²) >= 11 is 1.68. The summed E-state index contributed by atoms with van der Waals surface area (Å²) in [6.45, 7) is 0. The van der Waals surface area contributed by atoms with E-state index in [-0.39, 0.29) is 0 Å². The number of rotatable bonds is 3. The smallest absolute Gasteiger partial charge is 0.123 e. The summed E-state index contributed by atoms with van der Waals surface area (Å²) in [7, 11) is 0. The SMILES string of the molecule is CSc1ccc(C(O)c2cnccn2)cc1. The predicted molar refractivity (Wildman–Crippen MR) is 64.3 cm³/mol. The summed E-state index contributed by atoms with van der Waals surface area (Å²) in [5.41, 5.74) is 1.40. The van der Waals surface area contributed by atoms with Crippen LogP contribution < -0.4 is 0 Å². The molecular formula is C12H12N2OS. The Balaban J connectivity index is 2.24. The molecule has 0 aliphatic carbocycles. The van der Waals surface area contributed by atoms with Gasteiger partial charge in [0.2, 0.25) is 0 Å². The van der Waals surface area contributed by atoms with E-state index < -0.39 is 6.10 Å². The first-order chi connectivity index (χ1) is 7.81. The molecule has 1 aromatic heterocycles. The highest BCUT2D eigenvalue weighted by Gasteiger charge is 2.11. The van der Waals surface area contributed by atoms with Gasteiger partial charge in [0.1, 0.15) is 6.10 Å². The van der Waals surface area contributed by atoms with Gasteiger partial charge in [-0.1, -0.05) is 12.1 Å². The standard InChI is InChI=1S/C12H12N2OS/c1-16-10-4-2-9(3-5-10)12(15)11-8-13-6-7-14-11/h2-8,12,15H,1H3. The molecule has 3 nitrogen and oxygen atoms in total. The average Bonchev–Trinajstić information content (AvgIpc) is 2.39. The van der Waals surface area contributed by atoms with Crippen LogP contribution in [-0.4, -0.2) is 21.3 Å². The maximum atomic E-state index is 10.0. The molecule has 0 aliphatic heterocycles. The molecule has 0 aliphatic rings. The van der Waals surface area contributed by atoms with Crippen molar-refractivity contribution in [3.05, 3.63) is 54.1 Å². The first kappa shape index (κ1) is 11.1. The van der Waals surface area contributed by atoms with Crippen molar-refractivity contribution in [2.24, 2.45) is 0 Å². The van der Waals surface area contributed by atoms with E-state index in [4.69, 9.17) is 0 Å². The molecular weight excluding hydrogens is 220 g/mol. The number of benzene rings is 1. The van der Waals surface area contributed by atoms with Crippen LogP contribution in [-0.2, 0) is 0 Å². The maximum absolute atomic E-state index is 10.0. The van der Waals surface area contributed by atoms with Crippen molar-refractivity contribution in [3.8, 4) is 0 Å². The van der Waals surface area contributed by atoms with Gasteiger partial charge in [-0.05, 0) is 24.0 Å². The van der Waals surface area contributed by atoms with E-state index in [9.17, 15) is 5.11 Å². The molecule has 82 valence electrons. The van der Waals surface area contributed by atoms with Crippen LogP contribution in [0.5, 0.6) is 0 Å². The zero-order chi connectivity index (χ0) is 11.4. The highest BCUT2D eigenvalue weighted by atomic mass is 32.2. The highest BCUT2D eigenvalue weighted by molar-refractivity contribution is 7.98. The van der Waals surface area contributed by atoms with Crippen LogP contribution in [0, 0.1) is 0 Å². The summed E-state index contributed by atoms with van der Waals surface area (Å²) in [5, 5.41) is 10.0. The molecule has 0 saturated carbocycles. The van der Waals surface area contributed by atoms with E-state index in [1.807, 2.05) is 30.5 Å². The molecule has 0 saturated heterocycles. The highest BCUT2D eigenvalue weighted by Crippen LogP contribution is 2.22. The molecule has 4 heteroatoms. The van der Waals surface area contributed by atoms with Crippen LogP contribution in [0.25, 0.3) is 0 Å². The summed E-state index contributed by atoms with van der Waals surface area (Å²) < 4.78 is 0. The Kier molecular flexibility index (Phi) is 3.54. The van der Waals surface area contributed by atoms with E-state index >= 15 is 0 Å². The molecule has 2 rings (SSSR count). The van der Waals surface area contributed by atoms with Crippen molar-refractivity contribution in [1.29, 1.82) is 0 Å². The lowest BCUT2D eigenvalue weighted by atomic mass is 10.1. The number of aliphatic hydroxyl groups excluding tert-OH is 1. The van der Waals surface area contributed by atoms with Gasteiger partial charge in [0.15, 0.2) is 0 Å². The van der Waals surface area contributed by atoms with Gasteiger partial charge >= 0.3 is 0 Å². The van der Waals surface area contributed by atoms with Crippen molar-refractivity contribution in [3.63, 3.8) is 0 Å². The van der Waals surface area contributed by atoms with Gasteiger partial charge in [-0.15, -0.1) is 11.8 Å². The summed E-state index contributed by atoms with van der Waals surface area (Å²) in [6, 6.07) is 7.79. The van der Waals surface area contributed by atoms with Crippen molar-refractivity contribution < 1.29 is 5.11 Å². The first-order valence-electron chi connectivity index (χ1n) is 4.89. The third kappa shape index (κ3) is 2.40. The molecule has 0 amide bonds. The van der Waals surface area contributed by atoms with Gasteiger partial charge < -0.3 is 5.11 Å². The van der Waals surface area contributed by atoms with Gasteiger partial charge in [-0.3, -0.25) is 9.97 Å². The Morgan fingerprint density at radius 3 is 2.50 bits per heavy atom. The van der Waals surface area contributed by atoms with Crippen molar-refractivity contribution >= 4 is 11.8 Å². The second kappa shape index (κ2) is 5.09. The molecule has 0 fully saturated rings. The lowest BCUT2D eigenvalue weighted by molar-refractivity contribution is 0.214. The van der Waals surface area contributed by atoms with Gasteiger partial charge in [0.05, 0.1) is 11.9 Å². The lowest BCUT2D eigenvalue weighted by Crippen LogP contribution is -2.02. The second-order valence-corrected chi connectivity index (χ2v) is 4.19. The Morgan fingerprint density at radius 1 is 1.19 bits per heavy atom. The van der Waals surface area contributed by atoms with Gasteiger partial charge in [-0.25, -0.2) is 0 Å². The van der Waals surface area contributed by atoms with Gasteiger partial charge in [-0.2, -0.15) is 0 Å². The van der Waals surface area contributed by atoms with Crippen LogP contribution >= 0.6 is 11.8 Å². The number of aliphatic hydroxyl groups is 1. The third-order valence-corrected chi connectivity index (χ3v) is 3.04. The van der Waals surface area contributed by atoms with Gasteiger partial charge in [0, 0.05) is 17.3 Å². The number of thioether (sulfide) groups is 1. The van der Waals surface area contributed by atoms with E-state index in [1.54, 1.807) is 30.4 Å². The van der Waals surface area contributed by atoms with Crippen molar-refractivity contribution in [2.45, 2.75) is 11.0 Å². The van der Waals surface area contributed by atoms with Gasteiger partial charge in [0.25, 0.3) is 0 Å². The molecule has 0 radical (unpaired) electrons. The van der Waals surface area contributed by atoms with E-state index in [0.29, 0.717) is 5.69 Å². The predicted octanol–water partition coefficient (Wildman–Crippen LogP) is 2.28. The molecule has 1 atom stereocenters. The topological polar surface area (TPSA) is 46.0 Å². The molecule has 0 spiro atoms. The summed E-state index contributed by atoms with van der Waals surface area (Å²) in [6.07, 6.45) is 6.06. The monoisotopic (exact) mass is 232 g/mol. The average molecular weight is 232 g/mol. The molecule has 1 heterocycles. The zero-order valence-electron chi connectivity index (χ0n) is 8.87. The molecule has 1 aromatic carbocycles. The van der Waals surface area contributed by atoms with E-state index in [2.05, 4.69) is 9.97 Å². The summed E-state index contributed by atoms with van der Waals surface area (Å²) in [4.78, 5) is 9.19. The fraction of sp³-hybridized carbons (Fsp3) is 0.167. The normalized spacial score (nSPS) is 12.4. The minimum atomic E-state index is -0.704. The van der Waals surface area contributed by atoms with Crippen LogP contribution in [0.4, 0.5) is 0 Å².